The van der Waals surface area contributed by atoms with Gasteiger partial charge in [0.25, 0.3) is 11.7 Å². The first-order chi connectivity index (χ1) is 26.9. The van der Waals surface area contributed by atoms with Crippen LogP contribution < -0.4 is 0 Å². The van der Waals surface area contributed by atoms with E-state index in [0.717, 1.165) is 43.3 Å². The van der Waals surface area contributed by atoms with E-state index in [0.29, 0.717) is 32.1 Å². The number of aliphatic hydroxyl groups is 2. The standard InChI is InChI=1S/C44H70INO11/c1-10-14-31-20-26(2)19-27(3)21-36(54-8)39-37(55-9)22-29(5)44(52,57-39)40(49)41(50)46-18-12-11-16-33(46)42(51)56-38(30(6)34(47)23-35(31)48)28(4)24-43(45)17-13-15-32(25-43)53-7/h20,24,27,29-34,36-39,47,52H,10-19,21-23,25H2,1-9H3. The lowest BCUT2D eigenvalue weighted by Gasteiger charge is -2.47. The molecule has 0 radical (unpaired) electrons. The summed E-state index contributed by atoms with van der Waals surface area (Å²) in [5, 5.41) is 23.8. The summed E-state index contributed by atoms with van der Waals surface area (Å²) in [4.78, 5) is 58.1. The van der Waals surface area contributed by atoms with Crippen molar-refractivity contribution >= 4 is 46.0 Å². The van der Waals surface area contributed by atoms with Gasteiger partial charge in [0, 0.05) is 55.5 Å². The van der Waals surface area contributed by atoms with Crippen LogP contribution in [0, 0.1) is 23.7 Å². The summed E-state index contributed by atoms with van der Waals surface area (Å²) < 4.78 is 29.8. The molecule has 4 aliphatic rings. The van der Waals surface area contributed by atoms with Crippen LogP contribution in [-0.4, -0.2) is 118 Å². The molecule has 13 heteroatoms. The van der Waals surface area contributed by atoms with Crippen LogP contribution in [-0.2, 0) is 42.9 Å². The fraction of sp³-hybridized carbons (Fsp3) is 0.818. The van der Waals surface area contributed by atoms with Crippen LogP contribution in [0.1, 0.15) is 125 Å². The Hall–Kier alpha value is -1.75. The third-order valence-corrected chi connectivity index (χ3v) is 14.3. The summed E-state index contributed by atoms with van der Waals surface area (Å²) in [5.41, 5.74) is 1.75. The third-order valence-electron chi connectivity index (χ3n) is 13.0. The van der Waals surface area contributed by atoms with Crippen LogP contribution in [0.2, 0.25) is 0 Å². The first-order valence-electron chi connectivity index (χ1n) is 21.2. The number of piperidine rings is 1. The zero-order chi connectivity index (χ0) is 42.2. The molecule has 12 nitrogen and oxygen atoms in total. The van der Waals surface area contributed by atoms with Crippen LogP contribution >= 0.6 is 22.6 Å². The molecule has 2 bridgehead atoms. The van der Waals surface area contributed by atoms with Crippen molar-refractivity contribution in [3.8, 4) is 0 Å². The van der Waals surface area contributed by atoms with E-state index in [2.05, 4.69) is 35.6 Å². The minimum atomic E-state index is -2.49. The first kappa shape index (κ1) is 47.9. The summed E-state index contributed by atoms with van der Waals surface area (Å²) >= 11 is 2.45. The number of rotatable bonds is 7. The Morgan fingerprint density at radius 2 is 1.68 bits per heavy atom. The molecule has 0 aromatic rings. The van der Waals surface area contributed by atoms with Crippen molar-refractivity contribution in [1.82, 2.24) is 4.90 Å². The largest absolute Gasteiger partial charge is 0.456 e. The van der Waals surface area contributed by atoms with Gasteiger partial charge in [0.05, 0.1) is 24.4 Å². The summed E-state index contributed by atoms with van der Waals surface area (Å²) in [6, 6.07) is -1.11. The second-order valence-electron chi connectivity index (χ2n) is 17.6. The maximum Gasteiger partial charge on any atom is 0.329 e. The lowest BCUT2D eigenvalue weighted by atomic mass is 9.82. The molecular weight excluding hydrogens is 845 g/mol. The van der Waals surface area contributed by atoms with E-state index in [1.165, 1.54) is 4.90 Å². The Bertz CT molecular complexity index is 1470. The third kappa shape index (κ3) is 11.8. The molecule has 0 aromatic heterocycles. The SMILES string of the molecule is CCCC1C=C(C)CC(C)CC(OC)C2OC(O)(C(=O)C(=O)N3CCCCC3C(=O)OC(C(C)=CC3(I)CCCC(OC)C3)C(C)C(O)CC1=O)C(C)CC2OC. The van der Waals surface area contributed by atoms with Crippen molar-refractivity contribution < 1.29 is 53.1 Å². The predicted molar refractivity (Wildman–Crippen MR) is 225 cm³/mol. The van der Waals surface area contributed by atoms with Gasteiger partial charge in [-0.2, -0.15) is 0 Å². The zero-order valence-electron chi connectivity index (χ0n) is 35.8. The lowest BCUT2D eigenvalue weighted by Crippen LogP contribution is -2.64. The molecule has 2 saturated heterocycles. The van der Waals surface area contributed by atoms with E-state index in [4.69, 9.17) is 23.7 Å². The lowest BCUT2D eigenvalue weighted by molar-refractivity contribution is -0.302. The molecule has 3 aliphatic heterocycles. The van der Waals surface area contributed by atoms with Crippen LogP contribution in [0.15, 0.2) is 23.3 Å². The van der Waals surface area contributed by atoms with Crippen molar-refractivity contribution in [3.05, 3.63) is 23.3 Å². The molecule has 57 heavy (non-hydrogen) atoms. The van der Waals surface area contributed by atoms with Crippen LogP contribution in [0.3, 0.4) is 0 Å². The number of nitrogens with zero attached hydrogens (tertiary/aromatic N) is 1. The number of ether oxygens (including phenoxy) is 5. The molecule has 13 atom stereocenters. The second kappa shape index (κ2) is 21.2. The molecule has 0 aromatic carbocycles. The van der Waals surface area contributed by atoms with Crippen molar-refractivity contribution in [2.75, 3.05) is 27.9 Å². The molecule has 13 unspecified atom stereocenters. The number of ketones is 2. The van der Waals surface area contributed by atoms with E-state index in [-0.39, 0.29) is 47.0 Å². The minimum absolute atomic E-state index is 0.0477. The van der Waals surface area contributed by atoms with E-state index in [1.54, 1.807) is 35.2 Å². The Labute approximate surface area is 354 Å². The number of methoxy groups -OCH3 is 3. The quantitative estimate of drug-likeness (QED) is 0.0952. The fourth-order valence-electron chi connectivity index (χ4n) is 9.61. The van der Waals surface area contributed by atoms with Crippen LogP contribution in [0.25, 0.3) is 0 Å². The summed E-state index contributed by atoms with van der Waals surface area (Å²) in [7, 11) is 4.80. The molecule has 3 fully saturated rings. The second-order valence-corrected chi connectivity index (χ2v) is 19.7. The van der Waals surface area contributed by atoms with Gasteiger partial charge in [-0.3, -0.25) is 14.4 Å². The number of hydrogen-bond acceptors (Lipinski definition) is 11. The first-order valence-corrected chi connectivity index (χ1v) is 22.3. The number of carbonyl (C=O) groups excluding carboxylic acids is 4. The Morgan fingerprint density at radius 3 is 2.33 bits per heavy atom. The predicted octanol–water partition coefficient (Wildman–Crippen LogP) is 6.45. The number of fused-ring (bicyclic) bond motifs is 3. The topological polar surface area (TPSA) is 158 Å². The number of allylic oxidation sites excluding steroid dienone is 3. The Kier molecular flexibility index (Phi) is 17.8. The smallest absolute Gasteiger partial charge is 0.329 e. The van der Waals surface area contributed by atoms with E-state index >= 15 is 0 Å². The summed E-state index contributed by atoms with van der Waals surface area (Å²) in [5.74, 6) is -7.27. The molecule has 2 N–H and O–H groups in total. The van der Waals surface area contributed by atoms with Gasteiger partial charge in [-0.25, -0.2) is 4.79 Å². The highest BCUT2D eigenvalue weighted by Crippen LogP contribution is 2.42. The van der Waals surface area contributed by atoms with E-state index in [9.17, 15) is 29.4 Å². The zero-order valence-corrected chi connectivity index (χ0v) is 38.0. The highest BCUT2D eigenvalue weighted by molar-refractivity contribution is 14.1. The summed E-state index contributed by atoms with van der Waals surface area (Å²) in [6.07, 6.45) is 7.84. The number of cyclic esters (lactones) is 1. The van der Waals surface area contributed by atoms with Gasteiger partial charge in [0.15, 0.2) is 0 Å². The molecule has 324 valence electrons. The number of halogens is 1. The molecule has 0 spiro atoms. The average molecular weight is 916 g/mol. The van der Waals surface area contributed by atoms with Gasteiger partial charge in [0.1, 0.15) is 24.0 Å². The fourth-order valence-corrected chi connectivity index (χ4v) is 11.0. The minimum Gasteiger partial charge on any atom is -0.456 e. The van der Waals surface area contributed by atoms with E-state index < -0.39 is 77.8 Å². The van der Waals surface area contributed by atoms with E-state index in [1.807, 2.05) is 26.8 Å². The summed E-state index contributed by atoms with van der Waals surface area (Å²) in [6.45, 7) is 11.5. The number of hydrogen-bond donors (Lipinski definition) is 2. The number of carbonyl (C=O) groups is 4. The molecule has 4 rings (SSSR count). The Balaban J connectivity index is 1.79. The van der Waals surface area contributed by atoms with Crippen molar-refractivity contribution in [1.29, 1.82) is 0 Å². The maximum absolute atomic E-state index is 14.4. The molecule has 3 heterocycles. The number of esters is 1. The normalized spacial score (nSPS) is 40.1. The van der Waals surface area contributed by atoms with Crippen LogP contribution in [0.5, 0.6) is 0 Å². The Morgan fingerprint density at radius 1 is 1.00 bits per heavy atom. The highest BCUT2D eigenvalue weighted by atomic mass is 127. The molecule has 1 aliphatic carbocycles. The van der Waals surface area contributed by atoms with Crippen molar-refractivity contribution in [2.45, 2.75) is 177 Å². The van der Waals surface area contributed by atoms with Crippen LogP contribution in [0.4, 0.5) is 0 Å². The van der Waals surface area contributed by atoms with Gasteiger partial charge in [-0.05, 0) is 96.0 Å². The van der Waals surface area contributed by atoms with Gasteiger partial charge in [-0.15, -0.1) is 0 Å². The molecule has 1 saturated carbocycles. The van der Waals surface area contributed by atoms with Crippen molar-refractivity contribution in [3.63, 3.8) is 0 Å². The van der Waals surface area contributed by atoms with Crippen molar-refractivity contribution in [2.24, 2.45) is 23.7 Å². The number of amides is 1. The maximum atomic E-state index is 14.4. The number of Topliss-reactive ketones (excluding diaryl/α,β-unsaturated/α-hetero) is 2. The molecule has 1 amide bonds. The number of aliphatic hydroxyl groups excluding tert-OH is 1. The highest BCUT2D eigenvalue weighted by Gasteiger charge is 2.56. The van der Waals surface area contributed by atoms with Gasteiger partial charge in [0.2, 0.25) is 5.79 Å². The van der Waals surface area contributed by atoms with Gasteiger partial charge >= 0.3 is 5.97 Å². The monoisotopic (exact) mass is 915 g/mol. The number of alkyl halides is 1. The van der Waals surface area contributed by atoms with Gasteiger partial charge < -0.3 is 38.8 Å². The van der Waals surface area contributed by atoms with Gasteiger partial charge in [-0.1, -0.05) is 74.4 Å². The average Bonchev–Trinajstić information content (AvgIpc) is 3.18. The molecular formula is C44H70INO11.